The molecule has 6 heteroatoms. The third-order valence-electron chi connectivity index (χ3n) is 1.28. The van der Waals surface area contributed by atoms with E-state index in [0.29, 0.717) is 39.3 Å². The summed E-state index contributed by atoms with van der Waals surface area (Å²) in [6, 6.07) is 0. The first-order chi connectivity index (χ1) is 4.85. The van der Waals surface area contributed by atoms with Crippen LogP contribution in [0.15, 0.2) is 0 Å². The fraction of sp³-hybridized carbons (Fsp3) is 1.00. The molecule has 0 aliphatic carbocycles. The van der Waals surface area contributed by atoms with E-state index in [1.54, 1.807) is 0 Å². The van der Waals surface area contributed by atoms with Crippen molar-refractivity contribution in [3.05, 3.63) is 23.4 Å². The predicted octanol–water partition coefficient (Wildman–Crippen LogP) is 2.16. The minimum Gasteiger partial charge on any atom is -0.693 e. The molecule has 0 amide bonds. The van der Waals surface area contributed by atoms with Crippen LogP contribution >= 0.6 is 0 Å². The largest absolute Gasteiger partial charge is 2.00 e. The SMILES string of the molecule is [Cu+2].[NH-]CCN(CC[NH-])CC[NH-].[NH2-]. The summed E-state index contributed by atoms with van der Waals surface area (Å²) in [6.45, 7) is 3.24. The molecular weight excluding hydrogens is 206 g/mol. The van der Waals surface area contributed by atoms with Crippen LogP contribution in [0.3, 0.4) is 0 Å². The first-order valence-corrected chi connectivity index (χ1v) is 3.51. The summed E-state index contributed by atoms with van der Waals surface area (Å²) in [5, 5.41) is 0. The van der Waals surface area contributed by atoms with Crippen LogP contribution in [0.1, 0.15) is 0 Å². The van der Waals surface area contributed by atoms with Gasteiger partial charge in [0.2, 0.25) is 0 Å². The molecule has 0 aromatic heterocycles. The topological polar surface area (TPSA) is 108 Å². The molecule has 0 aromatic rings. The van der Waals surface area contributed by atoms with Gasteiger partial charge in [0, 0.05) is 0 Å². The van der Waals surface area contributed by atoms with E-state index in [4.69, 9.17) is 17.2 Å². The molecule has 0 atom stereocenters. The van der Waals surface area contributed by atoms with Crippen molar-refractivity contribution < 1.29 is 17.1 Å². The zero-order valence-electron chi connectivity index (χ0n) is 7.07. The summed E-state index contributed by atoms with van der Waals surface area (Å²) >= 11 is 0. The van der Waals surface area contributed by atoms with Gasteiger partial charge >= 0.3 is 17.1 Å². The van der Waals surface area contributed by atoms with E-state index in [0.717, 1.165) is 0 Å². The Morgan fingerprint density at radius 3 is 1.17 bits per heavy atom. The number of hydrogen-bond donors (Lipinski definition) is 0. The number of hydrogen-bond acceptors (Lipinski definition) is 1. The first kappa shape index (κ1) is 18.2. The van der Waals surface area contributed by atoms with E-state index in [9.17, 15) is 0 Å². The second-order valence-corrected chi connectivity index (χ2v) is 2.09. The Balaban J connectivity index is -0.000000405. The maximum atomic E-state index is 6.93. The minimum atomic E-state index is 0. The molecule has 1 radical (unpaired) electrons. The van der Waals surface area contributed by atoms with E-state index >= 15 is 0 Å². The normalized spacial score (nSPS) is 9.00. The van der Waals surface area contributed by atoms with Gasteiger partial charge in [0.05, 0.1) is 0 Å². The summed E-state index contributed by atoms with van der Waals surface area (Å²) < 4.78 is 0. The van der Waals surface area contributed by atoms with Crippen molar-refractivity contribution in [2.45, 2.75) is 0 Å². The van der Waals surface area contributed by atoms with E-state index in [1.165, 1.54) is 0 Å². The van der Waals surface area contributed by atoms with Gasteiger partial charge < -0.3 is 28.3 Å². The van der Waals surface area contributed by atoms with Gasteiger partial charge in [-0.1, -0.05) is 0 Å². The monoisotopic (exact) mass is 222 g/mol. The van der Waals surface area contributed by atoms with Gasteiger partial charge in [-0.3, -0.25) is 0 Å². The molecule has 0 aliphatic rings. The average Bonchev–Trinajstić information content (AvgIpc) is 1.90. The standard InChI is InChI=1S/C6H15N4.Cu.H2N/c7-1-4-10(5-2-8)6-3-9;;/h7-9H,1-6H2;;1H2/q-3;+2;-1. The first-order valence-electron chi connectivity index (χ1n) is 3.51. The molecule has 0 saturated carbocycles. The molecule has 12 heavy (non-hydrogen) atoms. The van der Waals surface area contributed by atoms with E-state index < -0.39 is 0 Å². The summed E-state index contributed by atoms with van der Waals surface area (Å²) in [5.74, 6) is 0. The third-order valence-corrected chi connectivity index (χ3v) is 1.28. The average molecular weight is 223 g/mol. The van der Waals surface area contributed by atoms with Crippen molar-refractivity contribution >= 4 is 0 Å². The number of nitrogens with one attached hydrogen (secondary N) is 3. The molecule has 0 unspecified atom stereocenters. The number of rotatable bonds is 6. The molecule has 0 rings (SSSR count). The molecule has 79 valence electrons. The molecule has 5 nitrogen and oxygen atoms in total. The van der Waals surface area contributed by atoms with Crippen molar-refractivity contribution in [1.29, 1.82) is 0 Å². The summed E-state index contributed by atoms with van der Waals surface area (Å²) in [7, 11) is 0. The van der Waals surface area contributed by atoms with Crippen LogP contribution in [0.2, 0.25) is 0 Å². The zero-order chi connectivity index (χ0) is 7.82. The number of nitrogens with zero attached hydrogens (tertiary/aromatic N) is 1. The molecule has 0 fully saturated rings. The predicted molar refractivity (Wildman–Crippen MR) is 49.3 cm³/mol. The van der Waals surface area contributed by atoms with Gasteiger partial charge in [-0.2, -0.15) is 0 Å². The van der Waals surface area contributed by atoms with Crippen molar-refractivity contribution in [3.63, 3.8) is 0 Å². The number of nitrogens with two attached hydrogens (primary N) is 1. The van der Waals surface area contributed by atoms with Crippen LogP contribution in [0.5, 0.6) is 0 Å². The van der Waals surface area contributed by atoms with Crippen LogP contribution in [-0.4, -0.2) is 44.2 Å². The molecule has 0 spiro atoms. The van der Waals surface area contributed by atoms with Gasteiger partial charge in [0.25, 0.3) is 0 Å². The molecule has 5 N–H and O–H groups in total. The Hall–Kier alpha value is 0.319. The molecule has 0 aliphatic heterocycles. The van der Waals surface area contributed by atoms with E-state index in [1.807, 2.05) is 4.90 Å². The maximum Gasteiger partial charge on any atom is 2.00 e. The molecular formula is C6H17CuN5-2. The van der Waals surface area contributed by atoms with E-state index in [2.05, 4.69) is 0 Å². The van der Waals surface area contributed by atoms with Crippen molar-refractivity contribution in [3.8, 4) is 0 Å². The Bertz CT molecular complexity index is 58.7. The Labute approximate surface area is 85.1 Å². The molecule has 0 saturated heterocycles. The summed E-state index contributed by atoms with van der Waals surface area (Å²) in [4.78, 5) is 1.98. The molecule has 0 aromatic carbocycles. The van der Waals surface area contributed by atoms with Crippen LogP contribution < -0.4 is 0 Å². The van der Waals surface area contributed by atoms with Gasteiger partial charge in [0.15, 0.2) is 0 Å². The van der Waals surface area contributed by atoms with Crippen LogP contribution in [-0.2, 0) is 17.1 Å². The van der Waals surface area contributed by atoms with Crippen LogP contribution in [0, 0.1) is 0 Å². The Kier molecular flexibility index (Phi) is 21.0. The molecule has 0 bridgehead atoms. The second kappa shape index (κ2) is 13.9. The smallest absolute Gasteiger partial charge is 0.693 e. The van der Waals surface area contributed by atoms with Crippen molar-refractivity contribution in [2.24, 2.45) is 0 Å². The maximum absolute atomic E-state index is 6.93. The van der Waals surface area contributed by atoms with E-state index in [-0.39, 0.29) is 23.2 Å². The van der Waals surface area contributed by atoms with Gasteiger partial charge in [0.1, 0.15) is 0 Å². The zero-order valence-corrected chi connectivity index (χ0v) is 8.01. The summed E-state index contributed by atoms with van der Waals surface area (Å²) in [6.07, 6.45) is 0. The van der Waals surface area contributed by atoms with Gasteiger partial charge in [-0.25, -0.2) is 0 Å². The van der Waals surface area contributed by atoms with Gasteiger partial charge in [-0.15, -0.1) is 19.6 Å². The van der Waals surface area contributed by atoms with Crippen molar-refractivity contribution in [2.75, 3.05) is 39.3 Å². The third kappa shape index (κ3) is 10.3. The quantitative estimate of drug-likeness (QED) is 0.631. The second-order valence-electron chi connectivity index (χ2n) is 2.09. The Morgan fingerprint density at radius 1 is 0.750 bits per heavy atom. The summed E-state index contributed by atoms with van der Waals surface area (Å²) in [5.41, 5.74) is 20.8. The van der Waals surface area contributed by atoms with Crippen LogP contribution in [0.4, 0.5) is 0 Å². The van der Waals surface area contributed by atoms with Crippen LogP contribution in [0.25, 0.3) is 23.4 Å². The van der Waals surface area contributed by atoms with Gasteiger partial charge in [-0.05, 0) is 19.6 Å². The minimum absolute atomic E-state index is 0. The van der Waals surface area contributed by atoms with Crippen molar-refractivity contribution in [1.82, 2.24) is 4.90 Å². The molecule has 0 heterocycles. The fourth-order valence-corrected chi connectivity index (χ4v) is 0.810. The fourth-order valence-electron chi connectivity index (χ4n) is 0.810. The Morgan fingerprint density at radius 2 is 1.00 bits per heavy atom.